The smallest absolute Gasteiger partial charge is 0.351 e. The zero-order valence-corrected chi connectivity index (χ0v) is 20.1. The number of amides is 1. The lowest BCUT2D eigenvalue weighted by molar-refractivity contribution is -0.133. The highest BCUT2D eigenvalue weighted by atomic mass is 32.2. The molecule has 1 atom stereocenters. The number of carbonyl (C=O) groups is 2. The van der Waals surface area contributed by atoms with Crippen LogP contribution in [0.2, 0.25) is 0 Å². The van der Waals surface area contributed by atoms with E-state index in [0.717, 1.165) is 12.1 Å². The highest BCUT2D eigenvalue weighted by Gasteiger charge is 2.26. The maximum Gasteiger partial charge on any atom is 0.351 e. The van der Waals surface area contributed by atoms with Gasteiger partial charge in [-0.25, -0.2) is 14.5 Å². The lowest BCUT2D eigenvalue weighted by Gasteiger charge is -2.27. The molecule has 0 saturated carbocycles. The minimum Gasteiger partial charge on any atom is -0.477 e. The summed E-state index contributed by atoms with van der Waals surface area (Å²) in [5.74, 6) is -0.231. The molecule has 15 heteroatoms. The summed E-state index contributed by atoms with van der Waals surface area (Å²) in [6, 6.07) is 0. The lowest BCUT2D eigenvalue weighted by atomic mass is 10.2. The van der Waals surface area contributed by atoms with Crippen LogP contribution in [0.15, 0.2) is 21.8 Å². The Morgan fingerprint density at radius 1 is 1.47 bits per heavy atom. The van der Waals surface area contributed by atoms with Gasteiger partial charge in [0.15, 0.2) is 5.13 Å². The molecule has 1 amide bonds. The number of nitrogens with zero attached hydrogens (tertiary/aromatic N) is 6. The average molecular weight is 500 g/mol. The molecule has 0 spiro atoms. The number of nitrogen functional groups attached to an aromatic ring is 1. The van der Waals surface area contributed by atoms with Gasteiger partial charge in [0.25, 0.3) is 0 Å². The van der Waals surface area contributed by atoms with Crippen LogP contribution in [0.25, 0.3) is 0 Å². The van der Waals surface area contributed by atoms with E-state index in [-0.39, 0.29) is 23.4 Å². The molecule has 0 radical (unpaired) electrons. The number of nitrogens with two attached hydrogens (primary N) is 1. The summed E-state index contributed by atoms with van der Waals surface area (Å²) >= 11 is 4.23. The molecule has 12 nitrogen and oxygen atoms in total. The predicted molar refractivity (Wildman–Crippen MR) is 124 cm³/mol. The highest BCUT2D eigenvalue weighted by Crippen LogP contribution is 2.27. The van der Waals surface area contributed by atoms with Gasteiger partial charge in [-0.15, -0.1) is 28.2 Å². The second kappa shape index (κ2) is 11.5. The largest absolute Gasteiger partial charge is 0.477 e. The van der Waals surface area contributed by atoms with Gasteiger partial charge in [0.1, 0.15) is 5.70 Å². The van der Waals surface area contributed by atoms with E-state index in [1.807, 2.05) is 19.0 Å². The number of rotatable bonds is 11. The van der Waals surface area contributed by atoms with Gasteiger partial charge in [-0.05, 0) is 30.1 Å². The van der Waals surface area contributed by atoms with Crippen LogP contribution in [0, 0.1) is 0 Å². The van der Waals surface area contributed by atoms with E-state index >= 15 is 0 Å². The van der Waals surface area contributed by atoms with Crippen LogP contribution in [-0.2, 0) is 22.6 Å². The van der Waals surface area contributed by atoms with Crippen molar-refractivity contribution < 1.29 is 14.7 Å². The van der Waals surface area contributed by atoms with E-state index in [0.29, 0.717) is 40.6 Å². The van der Waals surface area contributed by atoms with Gasteiger partial charge in [0.2, 0.25) is 11.1 Å². The number of aromatic nitrogens is 5. The minimum atomic E-state index is -1.03. The van der Waals surface area contributed by atoms with Crippen LogP contribution < -0.4 is 16.4 Å². The summed E-state index contributed by atoms with van der Waals surface area (Å²) in [6.45, 7) is 1.74. The number of carboxylic acids is 1. The van der Waals surface area contributed by atoms with Crippen molar-refractivity contribution in [3.8, 4) is 0 Å². The third-order valence-electron chi connectivity index (χ3n) is 4.36. The van der Waals surface area contributed by atoms with Crippen molar-refractivity contribution in [2.45, 2.75) is 23.5 Å². The maximum absolute atomic E-state index is 12.1. The second-order valence-corrected chi connectivity index (χ2v) is 10.2. The van der Waals surface area contributed by atoms with Crippen molar-refractivity contribution in [3.05, 3.63) is 22.3 Å². The molecule has 2 aromatic rings. The van der Waals surface area contributed by atoms with Gasteiger partial charge in [-0.2, -0.15) is 0 Å². The Hall–Kier alpha value is -2.36. The molecule has 1 aliphatic heterocycles. The first kappa shape index (κ1) is 24.3. The molecule has 0 aromatic carbocycles. The van der Waals surface area contributed by atoms with Crippen molar-refractivity contribution in [1.82, 2.24) is 40.7 Å². The third kappa shape index (κ3) is 7.08. The molecular formula is C17H25N9O3S3. The predicted octanol–water partition coefficient (Wildman–Crippen LogP) is -0.274. The molecule has 1 aliphatic rings. The van der Waals surface area contributed by atoms with Crippen molar-refractivity contribution in [2.75, 3.05) is 44.4 Å². The fraction of sp³-hybridized carbons (Fsp3) is 0.529. The van der Waals surface area contributed by atoms with E-state index in [1.54, 1.807) is 21.8 Å². The SMILES string of the molecule is CN(C)CCn1nnnc1SCC1=C(C(=O)O)N[C@@H](CNC(=O)Cc2csc(N)n2)SC1. The van der Waals surface area contributed by atoms with Crippen molar-refractivity contribution in [2.24, 2.45) is 0 Å². The number of likely N-dealkylation sites (N-methyl/N-ethyl adjacent to an activating group) is 1. The van der Waals surface area contributed by atoms with Crippen LogP contribution in [0.3, 0.4) is 0 Å². The molecule has 2 aromatic heterocycles. The summed E-state index contributed by atoms with van der Waals surface area (Å²) in [5, 5.41) is 29.8. The zero-order valence-electron chi connectivity index (χ0n) is 17.6. The van der Waals surface area contributed by atoms with Crippen LogP contribution >= 0.6 is 34.9 Å². The van der Waals surface area contributed by atoms with E-state index in [1.165, 1.54) is 23.1 Å². The van der Waals surface area contributed by atoms with E-state index < -0.39 is 5.97 Å². The Balaban J connectivity index is 1.53. The molecule has 0 saturated heterocycles. The van der Waals surface area contributed by atoms with Gasteiger partial charge in [0, 0.05) is 30.0 Å². The average Bonchev–Trinajstić information content (AvgIpc) is 3.37. The fourth-order valence-corrected chi connectivity index (χ4v) is 5.40. The van der Waals surface area contributed by atoms with Crippen molar-refractivity contribution >= 4 is 51.9 Å². The number of nitrogens with one attached hydrogen (secondary N) is 2. The molecule has 3 heterocycles. The number of anilines is 1. The van der Waals surface area contributed by atoms with E-state index in [2.05, 4.69) is 31.1 Å². The molecule has 0 bridgehead atoms. The summed E-state index contributed by atoms with van der Waals surface area (Å²) < 4.78 is 1.71. The van der Waals surface area contributed by atoms with Crippen LogP contribution in [0.4, 0.5) is 5.13 Å². The van der Waals surface area contributed by atoms with Gasteiger partial charge < -0.3 is 26.4 Å². The number of carboxylic acid groups (broad SMARTS) is 1. The molecule has 0 unspecified atom stereocenters. The Morgan fingerprint density at radius 2 is 2.28 bits per heavy atom. The number of hydrogen-bond acceptors (Lipinski definition) is 12. The summed E-state index contributed by atoms with van der Waals surface area (Å²) in [4.78, 5) is 30.0. The van der Waals surface area contributed by atoms with Crippen LogP contribution in [0.1, 0.15) is 5.69 Å². The minimum absolute atomic E-state index is 0.136. The zero-order chi connectivity index (χ0) is 23.1. The standard InChI is InChI=1S/C17H25N9O3S3/c1-25(2)3-4-26-17(22-23-24-26)32-8-10-7-30-13(21-14(10)15(28)29)6-19-12(27)5-11-9-31-16(18)20-11/h9,13,21H,3-8H2,1-2H3,(H2,18,20)(H,19,27)(H,28,29)/t13-/m1/s1. The number of thiazole rings is 1. The molecule has 0 fully saturated rings. The molecule has 32 heavy (non-hydrogen) atoms. The van der Waals surface area contributed by atoms with Crippen molar-refractivity contribution in [3.63, 3.8) is 0 Å². The Kier molecular flexibility index (Phi) is 8.72. The van der Waals surface area contributed by atoms with Crippen molar-refractivity contribution in [1.29, 1.82) is 0 Å². The first-order valence-corrected chi connectivity index (χ1v) is 12.6. The number of tetrazole rings is 1. The van der Waals surface area contributed by atoms with Gasteiger partial charge in [-0.1, -0.05) is 11.8 Å². The van der Waals surface area contributed by atoms with Gasteiger partial charge in [0.05, 0.1) is 24.0 Å². The van der Waals surface area contributed by atoms with Crippen LogP contribution in [0.5, 0.6) is 0 Å². The highest BCUT2D eigenvalue weighted by molar-refractivity contribution is 8.00. The maximum atomic E-state index is 12.1. The quantitative estimate of drug-likeness (QED) is 0.299. The molecule has 3 rings (SSSR count). The van der Waals surface area contributed by atoms with Gasteiger partial charge in [-0.3, -0.25) is 4.79 Å². The number of hydrogen-bond donors (Lipinski definition) is 4. The summed E-state index contributed by atoms with van der Waals surface area (Å²) in [7, 11) is 3.94. The number of thioether (sulfide) groups is 2. The normalized spacial score (nSPS) is 16.3. The topological polar surface area (TPSA) is 164 Å². The molecule has 0 aliphatic carbocycles. The summed E-state index contributed by atoms with van der Waals surface area (Å²) in [5.41, 5.74) is 7.12. The Labute approximate surface area is 197 Å². The molecule has 174 valence electrons. The third-order valence-corrected chi connectivity index (χ3v) is 7.33. The Morgan fingerprint density at radius 3 is 2.97 bits per heavy atom. The first-order valence-electron chi connectivity index (χ1n) is 9.65. The molecular weight excluding hydrogens is 474 g/mol. The monoisotopic (exact) mass is 499 g/mol. The van der Waals surface area contributed by atoms with Gasteiger partial charge >= 0.3 is 5.97 Å². The lowest BCUT2D eigenvalue weighted by Crippen LogP contribution is -2.43. The Bertz CT molecular complexity index is 975. The molecule has 5 N–H and O–H groups in total. The second-order valence-electron chi connectivity index (χ2n) is 7.16. The fourth-order valence-electron chi connectivity index (χ4n) is 2.74. The van der Waals surface area contributed by atoms with Crippen LogP contribution in [-0.4, -0.2) is 91.1 Å². The number of aliphatic carboxylic acids is 1. The first-order chi connectivity index (χ1) is 15.3. The van der Waals surface area contributed by atoms with E-state index in [4.69, 9.17) is 5.73 Å². The summed E-state index contributed by atoms with van der Waals surface area (Å²) in [6.07, 6.45) is 0.136. The van der Waals surface area contributed by atoms with E-state index in [9.17, 15) is 14.7 Å². The number of carbonyl (C=O) groups excluding carboxylic acids is 1.